The highest BCUT2D eigenvalue weighted by molar-refractivity contribution is 5.37. The Labute approximate surface area is 134 Å². The third-order valence-corrected chi connectivity index (χ3v) is 6.03. The van der Waals surface area contributed by atoms with Gasteiger partial charge in [0.15, 0.2) is 0 Å². The predicted molar refractivity (Wildman–Crippen MR) is 89.4 cm³/mol. The zero-order valence-corrected chi connectivity index (χ0v) is 14.0. The molecule has 1 N–H and O–H groups in total. The van der Waals surface area contributed by atoms with Crippen LogP contribution < -0.4 is 4.74 Å². The topological polar surface area (TPSA) is 32.7 Å². The summed E-state index contributed by atoms with van der Waals surface area (Å²) in [6, 6.07) is 8.41. The Hall–Kier alpha value is -1.06. The van der Waals surface area contributed by atoms with Crippen LogP contribution in [0.4, 0.5) is 0 Å². The van der Waals surface area contributed by atoms with E-state index in [2.05, 4.69) is 30.1 Å². The van der Waals surface area contributed by atoms with Crippen molar-refractivity contribution in [2.45, 2.75) is 56.0 Å². The Morgan fingerprint density at radius 3 is 2.36 bits per heavy atom. The van der Waals surface area contributed by atoms with E-state index in [4.69, 9.17) is 4.74 Å². The van der Waals surface area contributed by atoms with Crippen LogP contribution in [0.3, 0.4) is 0 Å². The second-order valence-electron chi connectivity index (χ2n) is 7.21. The van der Waals surface area contributed by atoms with Crippen LogP contribution in [0, 0.1) is 0 Å². The van der Waals surface area contributed by atoms with Crippen molar-refractivity contribution in [1.82, 2.24) is 4.90 Å². The van der Waals surface area contributed by atoms with Crippen LogP contribution in [-0.4, -0.2) is 42.9 Å². The van der Waals surface area contributed by atoms with Crippen LogP contribution in [0.25, 0.3) is 0 Å². The fourth-order valence-electron chi connectivity index (χ4n) is 4.56. The summed E-state index contributed by atoms with van der Waals surface area (Å²) in [7, 11) is 3.90. The number of hydrogen-bond acceptors (Lipinski definition) is 3. The Balaban J connectivity index is 2.02. The van der Waals surface area contributed by atoms with Gasteiger partial charge in [0, 0.05) is 5.41 Å². The van der Waals surface area contributed by atoms with E-state index in [0.717, 1.165) is 57.4 Å². The van der Waals surface area contributed by atoms with Gasteiger partial charge in [0.05, 0.1) is 12.7 Å². The highest BCUT2D eigenvalue weighted by Gasteiger charge is 2.52. The van der Waals surface area contributed by atoms with Crippen molar-refractivity contribution in [1.29, 1.82) is 0 Å². The summed E-state index contributed by atoms with van der Waals surface area (Å²) < 4.78 is 5.44. The van der Waals surface area contributed by atoms with Crippen LogP contribution in [0.5, 0.6) is 5.75 Å². The van der Waals surface area contributed by atoms with Gasteiger partial charge in [-0.2, -0.15) is 0 Å². The molecule has 1 heterocycles. The van der Waals surface area contributed by atoms with Crippen molar-refractivity contribution in [3.63, 3.8) is 0 Å². The minimum Gasteiger partial charge on any atom is -0.497 e. The zero-order chi connectivity index (χ0) is 15.6. The fourth-order valence-corrected chi connectivity index (χ4v) is 4.56. The number of benzene rings is 1. The molecule has 0 amide bonds. The smallest absolute Gasteiger partial charge is 0.119 e. The molecular formula is C19H29NO2. The molecule has 1 aromatic carbocycles. The van der Waals surface area contributed by atoms with Crippen LogP contribution in [0.2, 0.25) is 0 Å². The number of ether oxygens (including phenoxy) is 1. The van der Waals surface area contributed by atoms with Crippen LogP contribution in [-0.2, 0) is 5.41 Å². The molecule has 3 nitrogen and oxygen atoms in total. The minimum absolute atomic E-state index is 0.117. The van der Waals surface area contributed by atoms with E-state index in [0.29, 0.717) is 0 Å². The zero-order valence-electron chi connectivity index (χ0n) is 14.0. The first-order valence-corrected chi connectivity index (χ1v) is 8.65. The lowest BCUT2D eigenvalue weighted by Crippen LogP contribution is -2.57. The van der Waals surface area contributed by atoms with Crippen molar-refractivity contribution in [2.75, 3.05) is 27.2 Å². The molecule has 22 heavy (non-hydrogen) atoms. The van der Waals surface area contributed by atoms with Gasteiger partial charge in [-0.3, -0.25) is 0 Å². The van der Waals surface area contributed by atoms with Crippen molar-refractivity contribution < 1.29 is 9.84 Å². The summed E-state index contributed by atoms with van der Waals surface area (Å²) in [4.78, 5) is 2.38. The molecule has 0 atom stereocenters. The Morgan fingerprint density at radius 1 is 1.05 bits per heavy atom. The molecule has 122 valence electrons. The maximum absolute atomic E-state index is 11.6. The second kappa shape index (κ2) is 6.21. The van der Waals surface area contributed by atoms with Gasteiger partial charge in [0.2, 0.25) is 0 Å². The van der Waals surface area contributed by atoms with Gasteiger partial charge in [-0.15, -0.1) is 0 Å². The van der Waals surface area contributed by atoms with Gasteiger partial charge in [-0.25, -0.2) is 0 Å². The number of rotatable bonds is 3. The van der Waals surface area contributed by atoms with E-state index < -0.39 is 5.60 Å². The molecule has 3 rings (SSSR count). The highest BCUT2D eigenvalue weighted by atomic mass is 16.5. The molecule has 1 aliphatic carbocycles. The Bertz CT molecular complexity index is 500. The molecule has 0 unspecified atom stereocenters. The van der Waals surface area contributed by atoms with E-state index in [1.54, 1.807) is 7.11 Å². The van der Waals surface area contributed by atoms with Gasteiger partial charge >= 0.3 is 0 Å². The molecule has 3 heteroatoms. The van der Waals surface area contributed by atoms with E-state index >= 15 is 0 Å². The largest absolute Gasteiger partial charge is 0.497 e. The lowest BCUT2D eigenvalue weighted by atomic mass is 9.57. The maximum atomic E-state index is 11.6. The molecule has 1 saturated carbocycles. The lowest BCUT2D eigenvalue weighted by Gasteiger charge is -2.53. The molecule has 2 fully saturated rings. The van der Waals surface area contributed by atoms with Crippen LogP contribution >= 0.6 is 0 Å². The van der Waals surface area contributed by atoms with Gasteiger partial charge in [0.1, 0.15) is 5.75 Å². The predicted octanol–water partition coefficient (Wildman–Crippen LogP) is 3.35. The second-order valence-corrected chi connectivity index (χ2v) is 7.21. The molecule has 0 spiro atoms. The first-order chi connectivity index (χ1) is 10.6. The summed E-state index contributed by atoms with van der Waals surface area (Å²) in [5, 5.41) is 11.6. The molecule has 1 saturated heterocycles. The highest BCUT2D eigenvalue weighted by Crippen LogP contribution is 2.50. The summed E-state index contributed by atoms with van der Waals surface area (Å²) >= 11 is 0. The van der Waals surface area contributed by atoms with E-state index in [1.807, 2.05) is 6.07 Å². The number of piperidine rings is 1. The van der Waals surface area contributed by atoms with Crippen LogP contribution in [0.15, 0.2) is 24.3 Å². The molecular weight excluding hydrogens is 274 g/mol. The number of aliphatic hydroxyl groups is 1. The third-order valence-electron chi connectivity index (χ3n) is 6.03. The first-order valence-electron chi connectivity index (χ1n) is 8.65. The van der Waals surface area contributed by atoms with Crippen molar-refractivity contribution in [2.24, 2.45) is 0 Å². The normalized spacial score (nSPS) is 24.9. The Morgan fingerprint density at radius 2 is 1.73 bits per heavy atom. The van der Waals surface area contributed by atoms with Gasteiger partial charge in [0.25, 0.3) is 0 Å². The van der Waals surface area contributed by atoms with Gasteiger partial charge < -0.3 is 14.7 Å². The molecule has 0 aromatic heterocycles. The maximum Gasteiger partial charge on any atom is 0.119 e. The summed E-state index contributed by atoms with van der Waals surface area (Å²) in [5.74, 6) is 0.898. The van der Waals surface area contributed by atoms with Gasteiger partial charge in [-0.05, 0) is 63.5 Å². The SMILES string of the molecule is COc1cccc(C2(C3(O)CCCCC3)CCN(C)CC2)c1. The molecule has 0 bridgehead atoms. The van der Waals surface area contributed by atoms with E-state index in [9.17, 15) is 5.11 Å². The van der Waals surface area contributed by atoms with E-state index in [-0.39, 0.29) is 5.41 Å². The standard InChI is InChI=1S/C19H29NO2/c1-20-13-11-18(12-14-20,19(21)9-4-3-5-10-19)16-7-6-8-17(15-16)22-2/h6-8,15,21H,3-5,9-14H2,1-2H3. The molecule has 1 aliphatic heterocycles. The average Bonchev–Trinajstić information content (AvgIpc) is 2.56. The summed E-state index contributed by atoms with van der Waals surface area (Å²) in [6.07, 6.45) is 7.51. The van der Waals surface area contributed by atoms with Gasteiger partial charge in [-0.1, -0.05) is 31.4 Å². The Kier molecular flexibility index (Phi) is 4.47. The summed E-state index contributed by atoms with van der Waals surface area (Å²) in [5.41, 5.74) is 0.595. The minimum atomic E-state index is -0.557. The van der Waals surface area contributed by atoms with Crippen molar-refractivity contribution in [3.8, 4) is 5.75 Å². The van der Waals surface area contributed by atoms with Crippen LogP contribution in [0.1, 0.15) is 50.5 Å². The number of methoxy groups -OCH3 is 1. The molecule has 0 radical (unpaired) electrons. The lowest BCUT2D eigenvalue weighted by molar-refractivity contribution is -0.0895. The van der Waals surface area contributed by atoms with Crippen molar-refractivity contribution >= 4 is 0 Å². The number of likely N-dealkylation sites (tertiary alicyclic amines) is 1. The quantitative estimate of drug-likeness (QED) is 0.929. The molecule has 1 aromatic rings. The number of nitrogens with zero attached hydrogens (tertiary/aromatic N) is 1. The number of hydrogen-bond donors (Lipinski definition) is 1. The summed E-state index contributed by atoms with van der Waals surface area (Å²) in [6.45, 7) is 2.11. The first kappa shape index (κ1) is 15.8. The fraction of sp³-hybridized carbons (Fsp3) is 0.684. The van der Waals surface area contributed by atoms with E-state index in [1.165, 1.54) is 12.0 Å². The van der Waals surface area contributed by atoms with Crippen molar-refractivity contribution in [3.05, 3.63) is 29.8 Å². The monoisotopic (exact) mass is 303 g/mol. The average molecular weight is 303 g/mol. The molecule has 2 aliphatic rings. The third kappa shape index (κ3) is 2.65.